The highest BCUT2D eigenvalue weighted by atomic mass is 35.5. The predicted octanol–water partition coefficient (Wildman–Crippen LogP) is 5.89. The maximum atomic E-state index is 13.0. The first-order valence-corrected chi connectivity index (χ1v) is 10.8. The fourth-order valence-corrected chi connectivity index (χ4v) is 5.71. The molecule has 5 nitrogen and oxygen atoms in total. The molecule has 0 aliphatic rings. The Kier molecular flexibility index (Phi) is 5.98. The topological polar surface area (TPSA) is 94.8 Å². The summed E-state index contributed by atoms with van der Waals surface area (Å²) in [4.78, 5) is 0. The number of benzene rings is 3. The molecule has 29 heavy (non-hydrogen) atoms. The quantitative estimate of drug-likeness (QED) is 0.239. The Hall–Kier alpha value is -1.67. The fourth-order valence-electron chi connectivity index (χ4n) is 3.23. The minimum absolute atomic E-state index is 0.0116. The van der Waals surface area contributed by atoms with E-state index in [9.17, 15) is 23.2 Å². The van der Waals surface area contributed by atoms with Crippen LogP contribution < -0.4 is 0 Å². The zero-order valence-corrected chi connectivity index (χ0v) is 18.1. The van der Waals surface area contributed by atoms with E-state index in [-0.39, 0.29) is 37.5 Å². The monoisotopic (exact) mass is 492 g/mol. The van der Waals surface area contributed by atoms with E-state index in [1.807, 2.05) is 0 Å². The molecule has 0 bridgehead atoms. The minimum Gasteiger partial charge on any atom is -0.508 e. The summed E-state index contributed by atoms with van der Waals surface area (Å²) in [6, 6.07) is 12.1. The normalized spacial score (nSPS) is 13.8. The largest absolute Gasteiger partial charge is 0.508 e. The smallest absolute Gasteiger partial charge is 0.283 e. The Morgan fingerprint density at radius 1 is 0.793 bits per heavy atom. The van der Waals surface area contributed by atoms with Gasteiger partial charge in [0.2, 0.25) is 0 Å². The van der Waals surface area contributed by atoms with Crippen LogP contribution in [0.1, 0.15) is 16.7 Å². The molecule has 3 N–H and O–H groups in total. The van der Waals surface area contributed by atoms with Crippen molar-refractivity contribution in [2.75, 3.05) is 0 Å². The van der Waals surface area contributed by atoms with Gasteiger partial charge in [-0.25, -0.2) is 0 Å². The third-order valence-corrected chi connectivity index (χ3v) is 7.18. The number of hydrogen-bond donors (Lipinski definition) is 3. The van der Waals surface area contributed by atoms with E-state index < -0.39 is 25.6 Å². The number of phenolic OH excluding ortho intramolecular Hbond substituents is 2. The van der Waals surface area contributed by atoms with Gasteiger partial charge in [-0.15, -0.1) is 0 Å². The summed E-state index contributed by atoms with van der Waals surface area (Å²) < 4.78 is 34.0. The lowest BCUT2D eigenvalue weighted by Gasteiger charge is -2.34. The standard InChI is InChI=1S/C19H12Cl4O5S/c20-12-6-11(7-13(24)8-12)19(29(26,27)28,10-4-2-1-3-5-10)16-17(22)14(21)9-15(25)18(16)23/h1-9,24-25H,(H,26,27,28). The Morgan fingerprint density at radius 3 is 1.97 bits per heavy atom. The SMILES string of the molecule is O=S(=O)(O)C(c1ccccc1)(c1cc(O)cc(Cl)c1)c1c(Cl)c(O)cc(Cl)c1Cl. The van der Waals surface area contributed by atoms with E-state index >= 15 is 0 Å². The zero-order valence-electron chi connectivity index (χ0n) is 14.3. The van der Waals surface area contributed by atoms with Crippen molar-refractivity contribution < 1.29 is 23.2 Å². The summed E-state index contributed by atoms with van der Waals surface area (Å²) in [5.74, 6) is -0.916. The van der Waals surface area contributed by atoms with Gasteiger partial charge >= 0.3 is 0 Å². The summed E-state index contributed by atoms with van der Waals surface area (Å²) in [5.41, 5.74) is -0.530. The third kappa shape index (κ3) is 3.65. The summed E-state index contributed by atoms with van der Waals surface area (Å²) in [6.45, 7) is 0. The summed E-state index contributed by atoms with van der Waals surface area (Å²) in [7, 11) is -5.11. The van der Waals surface area contributed by atoms with Crippen LogP contribution in [0.5, 0.6) is 11.5 Å². The first kappa shape index (κ1) is 22.0. The Balaban J connectivity index is 2.67. The summed E-state index contributed by atoms with van der Waals surface area (Å²) >= 11 is 24.7. The predicted molar refractivity (Wildman–Crippen MR) is 114 cm³/mol. The van der Waals surface area contributed by atoms with E-state index in [2.05, 4.69) is 0 Å². The lowest BCUT2D eigenvalue weighted by atomic mass is 9.83. The van der Waals surface area contributed by atoms with Gasteiger partial charge in [0, 0.05) is 16.7 Å². The van der Waals surface area contributed by atoms with Crippen molar-refractivity contribution >= 4 is 56.5 Å². The molecule has 0 saturated carbocycles. The average molecular weight is 494 g/mol. The molecule has 0 aliphatic heterocycles. The molecule has 3 aromatic rings. The van der Waals surface area contributed by atoms with Crippen LogP contribution >= 0.6 is 46.4 Å². The molecule has 0 radical (unpaired) electrons. The van der Waals surface area contributed by atoms with Gasteiger partial charge in [-0.1, -0.05) is 76.7 Å². The molecule has 0 aliphatic carbocycles. The van der Waals surface area contributed by atoms with Crippen LogP contribution in [0.2, 0.25) is 20.1 Å². The van der Waals surface area contributed by atoms with Gasteiger partial charge in [-0.05, 0) is 29.3 Å². The van der Waals surface area contributed by atoms with Crippen LogP contribution in [0.3, 0.4) is 0 Å². The Bertz CT molecular complexity index is 1150. The molecule has 152 valence electrons. The van der Waals surface area contributed by atoms with Crippen molar-refractivity contribution in [1.29, 1.82) is 0 Å². The highest BCUT2D eigenvalue weighted by Crippen LogP contribution is 2.53. The molecular weight excluding hydrogens is 482 g/mol. The second-order valence-electron chi connectivity index (χ2n) is 6.10. The number of halogens is 4. The molecule has 0 amide bonds. The number of rotatable bonds is 4. The molecule has 3 aromatic carbocycles. The van der Waals surface area contributed by atoms with Crippen LogP contribution in [0.4, 0.5) is 0 Å². The highest BCUT2D eigenvalue weighted by Gasteiger charge is 2.52. The Morgan fingerprint density at radius 2 is 1.41 bits per heavy atom. The molecule has 0 heterocycles. The minimum atomic E-state index is -5.11. The number of phenols is 2. The van der Waals surface area contributed by atoms with Gasteiger partial charge in [0.25, 0.3) is 10.1 Å². The molecule has 3 rings (SSSR count). The molecular formula is C19H12Cl4O5S. The van der Waals surface area contributed by atoms with E-state index in [1.54, 1.807) is 6.07 Å². The van der Waals surface area contributed by atoms with Crippen molar-refractivity contribution in [3.05, 3.63) is 91.4 Å². The second kappa shape index (κ2) is 7.87. The number of aromatic hydroxyl groups is 2. The van der Waals surface area contributed by atoms with Gasteiger partial charge in [-0.2, -0.15) is 8.42 Å². The molecule has 0 fully saturated rings. The van der Waals surface area contributed by atoms with Crippen LogP contribution in [0.15, 0.2) is 54.6 Å². The van der Waals surface area contributed by atoms with Gasteiger partial charge in [-0.3, -0.25) is 4.55 Å². The molecule has 0 aromatic heterocycles. The fraction of sp³-hybridized carbons (Fsp3) is 0.0526. The van der Waals surface area contributed by atoms with E-state index in [0.29, 0.717) is 0 Å². The third-order valence-electron chi connectivity index (χ3n) is 4.35. The molecule has 0 spiro atoms. The summed E-state index contributed by atoms with van der Waals surface area (Å²) in [6.07, 6.45) is 0. The first-order chi connectivity index (χ1) is 13.5. The molecule has 1 atom stereocenters. The van der Waals surface area contributed by atoms with Crippen molar-refractivity contribution in [2.24, 2.45) is 0 Å². The van der Waals surface area contributed by atoms with Gasteiger partial charge in [0.05, 0.1) is 15.1 Å². The van der Waals surface area contributed by atoms with Crippen molar-refractivity contribution in [3.63, 3.8) is 0 Å². The second-order valence-corrected chi connectivity index (χ2v) is 9.26. The summed E-state index contributed by atoms with van der Waals surface area (Å²) in [5, 5.41) is 19.3. The maximum absolute atomic E-state index is 13.0. The van der Waals surface area contributed by atoms with Crippen molar-refractivity contribution in [1.82, 2.24) is 0 Å². The zero-order chi connectivity index (χ0) is 21.6. The maximum Gasteiger partial charge on any atom is 0.283 e. The van der Waals surface area contributed by atoms with Crippen LogP contribution in [0.25, 0.3) is 0 Å². The van der Waals surface area contributed by atoms with Gasteiger partial charge < -0.3 is 10.2 Å². The molecule has 1 unspecified atom stereocenters. The van der Waals surface area contributed by atoms with E-state index in [1.165, 1.54) is 36.4 Å². The highest BCUT2D eigenvalue weighted by molar-refractivity contribution is 7.87. The average Bonchev–Trinajstić information content (AvgIpc) is 2.62. The van der Waals surface area contributed by atoms with Crippen LogP contribution in [0, 0.1) is 0 Å². The van der Waals surface area contributed by atoms with Crippen LogP contribution in [-0.2, 0) is 14.9 Å². The van der Waals surface area contributed by atoms with E-state index in [0.717, 1.165) is 12.1 Å². The Labute approximate surface area is 186 Å². The van der Waals surface area contributed by atoms with Crippen molar-refractivity contribution in [3.8, 4) is 11.5 Å². The van der Waals surface area contributed by atoms with Gasteiger partial charge in [0.15, 0.2) is 4.75 Å². The lowest BCUT2D eigenvalue weighted by molar-refractivity contribution is 0.455. The number of hydrogen-bond acceptors (Lipinski definition) is 4. The first-order valence-electron chi connectivity index (χ1n) is 7.89. The van der Waals surface area contributed by atoms with Crippen molar-refractivity contribution in [2.45, 2.75) is 4.75 Å². The molecule has 0 saturated heterocycles. The van der Waals surface area contributed by atoms with E-state index in [4.69, 9.17) is 46.4 Å². The van der Waals surface area contributed by atoms with Crippen LogP contribution in [-0.4, -0.2) is 23.2 Å². The molecule has 10 heteroatoms. The lowest BCUT2D eigenvalue weighted by Crippen LogP contribution is -2.39. The van der Waals surface area contributed by atoms with Gasteiger partial charge in [0.1, 0.15) is 11.5 Å².